The van der Waals surface area contributed by atoms with Crippen molar-refractivity contribution in [3.05, 3.63) is 81.5 Å². The highest BCUT2D eigenvalue weighted by Crippen LogP contribution is 2.37. The fraction of sp³-hybridized carbons (Fsp3) is 0.250. The molecule has 1 aromatic heterocycles. The Labute approximate surface area is 195 Å². The second-order valence-corrected chi connectivity index (χ2v) is 11.6. The Morgan fingerprint density at radius 3 is 2.70 bits per heavy atom. The highest BCUT2D eigenvalue weighted by atomic mass is 32.1. The number of nitrogens with zero attached hydrogens (tertiary/aromatic N) is 2. The van der Waals surface area contributed by atoms with Gasteiger partial charge in [0.25, 0.3) is 0 Å². The first kappa shape index (κ1) is 23.3. The summed E-state index contributed by atoms with van der Waals surface area (Å²) >= 11 is 1.43. The van der Waals surface area contributed by atoms with Gasteiger partial charge in [-0.2, -0.15) is 5.26 Å². The lowest BCUT2D eigenvalue weighted by Crippen LogP contribution is -2.29. The average molecular weight is 484 g/mol. The van der Waals surface area contributed by atoms with Crippen LogP contribution in [0.5, 0.6) is 0 Å². The van der Waals surface area contributed by atoms with Crippen molar-refractivity contribution in [2.45, 2.75) is 25.9 Å². The van der Waals surface area contributed by atoms with Gasteiger partial charge < -0.3 is 10.2 Å². The van der Waals surface area contributed by atoms with Crippen molar-refractivity contribution in [1.29, 1.82) is 5.26 Å². The van der Waals surface area contributed by atoms with Crippen LogP contribution in [-0.4, -0.2) is 28.9 Å². The lowest BCUT2D eigenvalue weighted by atomic mass is 10.0. The number of carbonyl (C=O) groups is 1. The number of nitriles is 1. The predicted octanol–water partition coefficient (Wildman–Crippen LogP) is 4.02. The molecule has 0 spiro atoms. The van der Waals surface area contributed by atoms with Crippen molar-refractivity contribution < 1.29 is 18.6 Å². The summed E-state index contributed by atoms with van der Waals surface area (Å²) in [6, 6.07) is 15.2. The van der Waals surface area contributed by atoms with Crippen molar-refractivity contribution in [2.24, 2.45) is 0 Å². The smallest absolute Gasteiger partial charge is 0.229 e. The number of halogens is 1. The number of thiophene rings is 1. The molecule has 170 valence electrons. The molecule has 1 atom stereocenters. The maximum absolute atomic E-state index is 13.5. The van der Waals surface area contributed by atoms with Crippen molar-refractivity contribution >= 4 is 34.9 Å². The third-order valence-electron chi connectivity index (χ3n) is 5.57. The van der Waals surface area contributed by atoms with E-state index in [2.05, 4.69) is 16.3 Å². The summed E-state index contributed by atoms with van der Waals surface area (Å²) in [6.45, 7) is 3.23. The van der Waals surface area contributed by atoms with Crippen molar-refractivity contribution in [3.63, 3.8) is 0 Å². The lowest BCUT2D eigenvalue weighted by Gasteiger charge is -2.27. The van der Waals surface area contributed by atoms with E-state index in [1.165, 1.54) is 30.1 Å². The van der Waals surface area contributed by atoms with Gasteiger partial charge in [-0.3, -0.25) is 14.3 Å². The highest BCUT2D eigenvalue weighted by Gasteiger charge is 2.25. The Bertz CT molecular complexity index is 1280. The van der Waals surface area contributed by atoms with Gasteiger partial charge in [-0.25, -0.2) is 4.39 Å². The van der Waals surface area contributed by atoms with Crippen LogP contribution in [0.15, 0.2) is 48.5 Å². The number of amides is 1. The number of hydrogen-bond acceptors (Lipinski definition) is 5. The Morgan fingerprint density at radius 2 is 2.03 bits per heavy atom. The summed E-state index contributed by atoms with van der Waals surface area (Å²) in [4.78, 5) is 25.5. The quantitative estimate of drug-likeness (QED) is 0.517. The Morgan fingerprint density at radius 1 is 1.27 bits per heavy atom. The minimum atomic E-state index is -3.33. The largest absolute Gasteiger partial charge is 0.341 e. The zero-order chi connectivity index (χ0) is 23.6. The van der Waals surface area contributed by atoms with Crippen LogP contribution in [0.25, 0.3) is 0 Å². The molecule has 0 bridgehead atoms. The molecule has 2 heterocycles. The second-order valence-electron chi connectivity index (χ2n) is 8.18. The van der Waals surface area contributed by atoms with Gasteiger partial charge in [0.15, 0.2) is 0 Å². The molecule has 4 rings (SSSR count). The van der Waals surface area contributed by atoms with Crippen LogP contribution >= 0.6 is 18.7 Å². The van der Waals surface area contributed by atoms with Crippen LogP contribution in [0.1, 0.15) is 27.1 Å². The Kier molecular flexibility index (Phi) is 6.78. The minimum absolute atomic E-state index is 0.0961. The number of nitrogens with one attached hydrogen (secondary N) is 1. The van der Waals surface area contributed by atoms with Gasteiger partial charge in [-0.05, 0) is 41.8 Å². The fourth-order valence-electron chi connectivity index (χ4n) is 3.93. The summed E-state index contributed by atoms with van der Waals surface area (Å²) in [5, 5.41) is 13.5. The molecule has 0 radical (unpaired) electrons. The van der Waals surface area contributed by atoms with E-state index >= 15 is 0 Å². The van der Waals surface area contributed by atoms with E-state index < -0.39 is 7.37 Å². The number of fused-ring (bicyclic) bond motifs is 1. The van der Waals surface area contributed by atoms with Gasteiger partial charge in [0.1, 0.15) is 16.9 Å². The number of benzene rings is 2. The van der Waals surface area contributed by atoms with Crippen LogP contribution in [-0.2, 0) is 35.3 Å². The van der Waals surface area contributed by atoms with E-state index in [9.17, 15) is 23.9 Å². The topological polar surface area (TPSA) is 93.4 Å². The molecule has 6 nitrogen and oxygen atoms in total. The minimum Gasteiger partial charge on any atom is -0.341 e. The number of carbonyl (C=O) groups excluding carboxylic acids is 1. The molecule has 0 saturated carbocycles. The Hall–Kier alpha value is -2.82. The lowest BCUT2D eigenvalue weighted by molar-refractivity contribution is -0.115. The number of rotatable bonds is 6. The van der Waals surface area contributed by atoms with Crippen LogP contribution in [0.3, 0.4) is 0 Å². The molecule has 0 saturated heterocycles. The third-order valence-corrected chi connectivity index (χ3v) is 8.03. The fourth-order valence-corrected chi connectivity index (χ4v) is 5.79. The molecule has 0 aliphatic carbocycles. The summed E-state index contributed by atoms with van der Waals surface area (Å²) in [6.07, 6.45) is 0.860. The van der Waals surface area contributed by atoms with Gasteiger partial charge in [-0.15, -0.1) is 11.3 Å². The molecule has 9 heteroatoms. The second kappa shape index (κ2) is 9.58. The molecule has 2 N–H and O–H groups in total. The van der Waals surface area contributed by atoms with Crippen molar-refractivity contribution in [2.75, 3.05) is 18.5 Å². The monoisotopic (exact) mass is 483 g/mol. The van der Waals surface area contributed by atoms with Crippen LogP contribution in [0.4, 0.5) is 9.39 Å². The highest BCUT2D eigenvalue weighted by molar-refractivity contribution is 7.65. The summed E-state index contributed by atoms with van der Waals surface area (Å²) in [5.41, 5.74) is 3.00. The van der Waals surface area contributed by atoms with Crippen LogP contribution in [0.2, 0.25) is 0 Å². The normalized spacial score (nSPS) is 15.3. The van der Waals surface area contributed by atoms with E-state index in [1.54, 1.807) is 30.3 Å². The zero-order valence-corrected chi connectivity index (χ0v) is 19.8. The molecule has 1 amide bonds. The van der Waals surface area contributed by atoms with Crippen LogP contribution < -0.4 is 10.6 Å². The standard InChI is InChI=1S/C24H23FN3O3PS/c1-32(30,31)19-7-5-16(6-8-19)12-23(29)27-24-20(13-26)21-15-28(10-9-22(21)33-24)14-17-3-2-4-18(25)11-17/h2-8,11H,9-10,12,14-15H2,1H3,(H,27,29)(H,30,31). The third kappa shape index (κ3) is 5.58. The molecule has 3 aromatic rings. The molecule has 1 aliphatic rings. The molecular formula is C24H23FN3O3PS. The predicted molar refractivity (Wildman–Crippen MR) is 127 cm³/mol. The maximum Gasteiger partial charge on any atom is 0.229 e. The Balaban J connectivity index is 1.44. The van der Waals surface area contributed by atoms with Gasteiger partial charge in [-0.1, -0.05) is 24.3 Å². The van der Waals surface area contributed by atoms with Gasteiger partial charge in [0.05, 0.1) is 12.0 Å². The van der Waals surface area contributed by atoms with Crippen molar-refractivity contribution in [3.8, 4) is 6.07 Å². The molecular weight excluding hydrogens is 460 g/mol. The first-order chi connectivity index (χ1) is 15.7. The van der Waals surface area contributed by atoms with Gasteiger partial charge >= 0.3 is 0 Å². The molecule has 1 aliphatic heterocycles. The van der Waals surface area contributed by atoms with Gasteiger partial charge in [0, 0.05) is 42.0 Å². The van der Waals surface area contributed by atoms with E-state index in [-0.39, 0.29) is 18.1 Å². The van der Waals surface area contributed by atoms with E-state index in [4.69, 9.17) is 0 Å². The SMILES string of the molecule is CP(=O)(O)c1ccc(CC(=O)Nc2sc3c(c2C#N)CN(Cc2cccc(F)c2)CC3)cc1. The first-order valence-electron chi connectivity index (χ1n) is 10.4. The number of anilines is 1. The molecule has 0 fully saturated rings. The summed E-state index contributed by atoms with van der Waals surface area (Å²) in [7, 11) is -3.33. The van der Waals surface area contributed by atoms with Crippen molar-refractivity contribution in [1.82, 2.24) is 4.90 Å². The zero-order valence-electron chi connectivity index (χ0n) is 18.0. The number of hydrogen-bond donors (Lipinski definition) is 2. The van der Waals surface area contributed by atoms with E-state index in [0.717, 1.165) is 29.0 Å². The summed E-state index contributed by atoms with van der Waals surface area (Å²) < 4.78 is 25.2. The molecule has 1 unspecified atom stereocenters. The maximum atomic E-state index is 13.5. The average Bonchev–Trinajstić information content (AvgIpc) is 3.09. The van der Waals surface area contributed by atoms with Gasteiger partial charge in [0.2, 0.25) is 13.3 Å². The molecule has 33 heavy (non-hydrogen) atoms. The first-order valence-corrected chi connectivity index (χ1v) is 13.4. The van der Waals surface area contributed by atoms with E-state index in [1.807, 2.05) is 6.07 Å². The molecule has 2 aromatic carbocycles. The van der Waals surface area contributed by atoms with E-state index in [0.29, 0.717) is 34.5 Å². The van der Waals surface area contributed by atoms with Crippen LogP contribution in [0, 0.1) is 17.1 Å². The summed E-state index contributed by atoms with van der Waals surface area (Å²) in [5.74, 6) is -0.517.